The number of carbonyl (C=O) groups is 1. The van der Waals surface area contributed by atoms with E-state index in [1.807, 2.05) is 0 Å². The summed E-state index contributed by atoms with van der Waals surface area (Å²) in [5.41, 5.74) is 0.927. The molecule has 0 aliphatic rings. The van der Waals surface area contributed by atoms with E-state index in [4.69, 9.17) is 13.9 Å². The zero-order valence-corrected chi connectivity index (χ0v) is 17.1. The van der Waals surface area contributed by atoms with Gasteiger partial charge in [0.2, 0.25) is 10.0 Å². The number of sulfonamides is 1. The largest absolute Gasteiger partial charge is 0.491 e. The van der Waals surface area contributed by atoms with Crippen LogP contribution in [-0.4, -0.2) is 34.6 Å². The van der Waals surface area contributed by atoms with Crippen LogP contribution in [0.15, 0.2) is 76.2 Å². The van der Waals surface area contributed by atoms with Crippen LogP contribution in [0.4, 0.5) is 5.69 Å². The van der Waals surface area contributed by atoms with Crippen LogP contribution < -0.4 is 14.8 Å². The number of nitrogens with one attached hydrogen (secondary N) is 2. The molecule has 2 aromatic carbocycles. The number of furan rings is 1. The number of carbonyl (C=O) groups excluding carboxylic acids is 1. The van der Waals surface area contributed by atoms with Crippen molar-refractivity contribution in [2.24, 2.45) is 0 Å². The second-order valence-corrected chi connectivity index (χ2v) is 8.02. The second-order valence-electron chi connectivity index (χ2n) is 6.25. The molecule has 8 nitrogen and oxygen atoms in total. The van der Waals surface area contributed by atoms with Gasteiger partial charge in [0, 0.05) is 18.4 Å². The van der Waals surface area contributed by atoms with Gasteiger partial charge in [0.1, 0.15) is 18.1 Å². The van der Waals surface area contributed by atoms with Crippen molar-refractivity contribution >= 4 is 21.6 Å². The van der Waals surface area contributed by atoms with E-state index >= 15 is 0 Å². The predicted octanol–water partition coefficient (Wildman–Crippen LogP) is 3.04. The van der Waals surface area contributed by atoms with Crippen LogP contribution in [-0.2, 0) is 21.3 Å². The van der Waals surface area contributed by atoms with Crippen LogP contribution in [0.25, 0.3) is 0 Å². The molecule has 0 saturated carbocycles. The Labute approximate surface area is 174 Å². The minimum absolute atomic E-state index is 0.0546. The fraction of sp³-hybridized carbons (Fsp3) is 0.190. The van der Waals surface area contributed by atoms with Gasteiger partial charge in [-0.05, 0) is 60.7 Å². The predicted molar refractivity (Wildman–Crippen MR) is 111 cm³/mol. The number of benzene rings is 2. The summed E-state index contributed by atoms with van der Waals surface area (Å²) in [6.45, 7) is 0.957. The SMILES string of the molecule is COCCOc1ccc(C(=O)Nc2ccc(S(=O)(=O)NCc3ccco3)cc2)cc1. The molecule has 1 aromatic heterocycles. The van der Waals surface area contributed by atoms with Gasteiger partial charge in [0.05, 0.1) is 24.3 Å². The van der Waals surface area contributed by atoms with Crippen LogP contribution in [0, 0.1) is 0 Å². The van der Waals surface area contributed by atoms with E-state index in [0.29, 0.717) is 36.0 Å². The molecule has 0 aliphatic heterocycles. The topological polar surface area (TPSA) is 107 Å². The number of hydrogen-bond donors (Lipinski definition) is 2. The van der Waals surface area contributed by atoms with Crippen LogP contribution in [0.1, 0.15) is 16.1 Å². The molecule has 158 valence electrons. The van der Waals surface area contributed by atoms with Gasteiger partial charge < -0.3 is 19.2 Å². The smallest absolute Gasteiger partial charge is 0.255 e. The number of anilines is 1. The maximum absolute atomic E-state index is 12.4. The van der Waals surface area contributed by atoms with Crippen molar-refractivity contribution in [2.75, 3.05) is 25.6 Å². The lowest BCUT2D eigenvalue weighted by molar-refractivity contribution is 0.102. The monoisotopic (exact) mass is 430 g/mol. The number of methoxy groups -OCH3 is 1. The Hall–Kier alpha value is -3.14. The zero-order chi connectivity index (χ0) is 21.4. The molecule has 0 spiro atoms. The maximum Gasteiger partial charge on any atom is 0.255 e. The highest BCUT2D eigenvalue weighted by atomic mass is 32.2. The lowest BCUT2D eigenvalue weighted by atomic mass is 10.2. The zero-order valence-electron chi connectivity index (χ0n) is 16.3. The lowest BCUT2D eigenvalue weighted by Gasteiger charge is -2.09. The van der Waals surface area contributed by atoms with Crippen molar-refractivity contribution in [3.63, 3.8) is 0 Å². The molecule has 0 aliphatic carbocycles. The fourth-order valence-corrected chi connectivity index (χ4v) is 3.52. The summed E-state index contributed by atoms with van der Waals surface area (Å²) in [5.74, 6) is 0.836. The van der Waals surface area contributed by atoms with Gasteiger partial charge in [0.15, 0.2) is 0 Å². The maximum atomic E-state index is 12.4. The van der Waals surface area contributed by atoms with E-state index in [1.54, 1.807) is 43.5 Å². The summed E-state index contributed by atoms with van der Waals surface area (Å²) in [6.07, 6.45) is 1.48. The Morgan fingerprint density at radius 2 is 1.73 bits per heavy atom. The van der Waals surface area contributed by atoms with Gasteiger partial charge in [-0.25, -0.2) is 13.1 Å². The molecule has 1 heterocycles. The Kier molecular flexibility index (Phi) is 7.23. The van der Waals surface area contributed by atoms with Crippen LogP contribution in [0.5, 0.6) is 5.75 Å². The first-order valence-electron chi connectivity index (χ1n) is 9.13. The highest BCUT2D eigenvalue weighted by Crippen LogP contribution is 2.17. The highest BCUT2D eigenvalue weighted by Gasteiger charge is 2.15. The van der Waals surface area contributed by atoms with E-state index in [0.717, 1.165) is 0 Å². The molecular formula is C21H22N2O6S. The third kappa shape index (κ3) is 5.93. The summed E-state index contributed by atoms with van der Waals surface area (Å²) in [4.78, 5) is 12.5. The van der Waals surface area contributed by atoms with Gasteiger partial charge >= 0.3 is 0 Å². The highest BCUT2D eigenvalue weighted by molar-refractivity contribution is 7.89. The standard InChI is InChI=1S/C21H22N2O6S/c1-27-13-14-29-18-8-4-16(5-9-18)21(24)23-17-6-10-20(11-7-17)30(25,26)22-15-19-3-2-12-28-19/h2-12,22H,13-15H2,1H3,(H,23,24). The molecule has 0 bridgehead atoms. The molecule has 3 rings (SSSR count). The van der Waals surface area contributed by atoms with Crippen molar-refractivity contribution in [2.45, 2.75) is 11.4 Å². The van der Waals surface area contributed by atoms with E-state index < -0.39 is 10.0 Å². The van der Waals surface area contributed by atoms with E-state index in [2.05, 4.69) is 10.0 Å². The van der Waals surface area contributed by atoms with Gasteiger partial charge in [-0.1, -0.05) is 0 Å². The summed E-state index contributed by atoms with van der Waals surface area (Å²) in [7, 11) is -2.10. The minimum Gasteiger partial charge on any atom is -0.491 e. The molecule has 3 aromatic rings. The lowest BCUT2D eigenvalue weighted by Crippen LogP contribution is -2.23. The van der Waals surface area contributed by atoms with Crippen molar-refractivity contribution in [1.29, 1.82) is 0 Å². The van der Waals surface area contributed by atoms with Crippen molar-refractivity contribution < 1.29 is 27.1 Å². The summed E-state index contributed by atoms with van der Waals surface area (Å²) >= 11 is 0. The Morgan fingerprint density at radius 3 is 2.37 bits per heavy atom. The molecule has 1 amide bonds. The first-order valence-corrected chi connectivity index (χ1v) is 10.6. The van der Waals surface area contributed by atoms with Gasteiger partial charge in [-0.15, -0.1) is 0 Å². The number of amides is 1. The first kappa shape index (κ1) is 21.6. The Morgan fingerprint density at radius 1 is 1.00 bits per heavy atom. The molecule has 0 radical (unpaired) electrons. The second kappa shape index (κ2) is 10.1. The number of rotatable bonds is 10. The van der Waals surface area contributed by atoms with Crippen molar-refractivity contribution in [3.8, 4) is 5.75 Å². The average Bonchev–Trinajstić information content (AvgIpc) is 3.27. The molecule has 0 fully saturated rings. The number of hydrogen-bond acceptors (Lipinski definition) is 6. The van der Waals surface area contributed by atoms with E-state index in [1.165, 1.54) is 30.5 Å². The molecule has 0 atom stereocenters. The molecule has 0 saturated heterocycles. The molecular weight excluding hydrogens is 408 g/mol. The summed E-state index contributed by atoms with van der Waals surface area (Å²) in [6, 6.07) is 16.0. The van der Waals surface area contributed by atoms with Gasteiger partial charge in [-0.2, -0.15) is 0 Å². The first-order chi connectivity index (χ1) is 14.5. The summed E-state index contributed by atoms with van der Waals surface area (Å²) < 4.78 is 42.6. The number of ether oxygens (including phenoxy) is 2. The molecule has 30 heavy (non-hydrogen) atoms. The fourth-order valence-electron chi connectivity index (χ4n) is 2.53. The Bertz CT molecular complexity index is 1050. The molecule has 9 heteroatoms. The summed E-state index contributed by atoms with van der Waals surface area (Å²) in [5, 5.41) is 2.73. The van der Waals surface area contributed by atoms with E-state index in [-0.39, 0.29) is 17.3 Å². The van der Waals surface area contributed by atoms with Crippen LogP contribution in [0.2, 0.25) is 0 Å². The third-order valence-corrected chi connectivity index (χ3v) is 5.53. The van der Waals surface area contributed by atoms with Gasteiger partial charge in [0.25, 0.3) is 5.91 Å². The Balaban J connectivity index is 1.57. The minimum atomic E-state index is -3.69. The average molecular weight is 430 g/mol. The van der Waals surface area contributed by atoms with Crippen LogP contribution in [0.3, 0.4) is 0 Å². The van der Waals surface area contributed by atoms with E-state index in [9.17, 15) is 13.2 Å². The van der Waals surface area contributed by atoms with Crippen LogP contribution >= 0.6 is 0 Å². The normalized spacial score (nSPS) is 11.2. The molecule has 0 unspecified atom stereocenters. The van der Waals surface area contributed by atoms with Gasteiger partial charge in [-0.3, -0.25) is 4.79 Å². The quantitative estimate of drug-likeness (QED) is 0.479. The van der Waals surface area contributed by atoms with Crippen molar-refractivity contribution in [1.82, 2.24) is 4.72 Å². The third-order valence-electron chi connectivity index (χ3n) is 4.11. The molecule has 2 N–H and O–H groups in total. The van der Waals surface area contributed by atoms with Crippen molar-refractivity contribution in [3.05, 3.63) is 78.3 Å².